The van der Waals surface area contributed by atoms with Gasteiger partial charge in [-0.15, -0.1) is 0 Å². The predicted octanol–water partition coefficient (Wildman–Crippen LogP) is 3.91. The van der Waals surface area contributed by atoms with Crippen LogP contribution in [-0.2, 0) is 0 Å². The van der Waals surface area contributed by atoms with Crippen LogP contribution < -0.4 is 10.2 Å². The van der Waals surface area contributed by atoms with Crippen molar-refractivity contribution in [2.45, 2.75) is 38.8 Å². The Balaban J connectivity index is 2.08. The van der Waals surface area contributed by atoms with E-state index in [2.05, 4.69) is 58.8 Å². The maximum atomic E-state index is 6.35. The van der Waals surface area contributed by atoms with Crippen molar-refractivity contribution >= 4 is 39.9 Å². The van der Waals surface area contributed by atoms with Crippen LogP contribution in [0.25, 0.3) is 0 Å². The normalized spacial score (nSPS) is 20.5. The lowest BCUT2D eigenvalue weighted by molar-refractivity contribution is 0.395. The number of nitrogens with one attached hydrogen (secondary N) is 1. The molecule has 0 radical (unpaired) electrons. The Morgan fingerprint density at radius 3 is 2.89 bits per heavy atom. The van der Waals surface area contributed by atoms with E-state index in [4.69, 9.17) is 11.6 Å². The average Bonchev–Trinajstić information content (AvgIpc) is 2.28. The minimum Gasteiger partial charge on any atom is -0.369 e. The first-order chi connectivity index (χ1) is 8.56. The van der Waals surface area contributed by atoms with E-state index in [1.807, 2.05) is 6.07 Å². The first-order valence-electron chi connectivity index (χ1n) is 6.52. The van der Waals surface area contributed by atoms with Gasteiger partial charge in [-0.3, -0.25) is 0 Å². The fourth-order valence-corrected chi connectivity index (χ4v) is 3.52. The molecule has 0 aromatic heterocycles. The van der Waals surface area contributed by atoms with Gasteiger partial charge >= 0.3 is 0 Å². The van der Waals surface area contributed by atoms with Crippen LogP contribution in [0, 0.1) is 3.57 Å². The summed E-state index contributed by atoms with van der Waals surface area (Å²) in [7, 11) is 0. The summed E-state index contributed by atoms with van der Waals surface area (Å²) in [6, 6.07) is 7.43. The topological polar surface area (TPSA) is 15.3 Å². The van der Waals surface area contributed by atoms with Gasteiger partial charge in [0.2, 0.25) is 0 Å². The van der Waals surface area contributed by atoms with Gasteiger partial charge in [-0.05, 0) is 53.6 Å². The van der Waals surface area contributed by atoms with Crippen LogP contribution >= 0.6 is 34.2 Å². The molecule has 1 atom stereocenters. The predicted molar refractivity (Wildman–Crippen MR) is 87.7 cm³/mol. The molecule has 0 aliphatic carbocycles. The van der Waals surface area contributed by atoms with Crippen LogP contribution in [0.15, 0.2) is 18.2 Å². The van der Waals surface area contributed by atoms with E-state index < -0.39 is 0 Å². The lowest BCUT2D eigenvalue weighted by Crippen LogP contribution is -2.48. The summed E-state index contributed by atoms with van der Waals surface area (Å²) in [5.41, 5.74) is 1.17. The Labute approximate surface area is 128 Å². The van der Waals surface area contributed by atoms with Crippen LogP contribution in [0.2, 0.25) is 5.02 Å². The van der Waals surface area contributed by atoms with Gasteiger partial charge in [0.25, 0.3) is 0 Å². The van der Waals surface area contributed by atoms with Gasteiger partial charge < -0.3 is 10.2 Å². The second-order valence-corrected chi connectivity index (χ2v) is 6.86. The Hall–Kier alpha value is -0.0000000000000000555. The third-order valence-electron chi connectivity index (χ3n) is 3.24. The lowest BCUT2D eigenvalue weighted by atomic mass is 10.0. The zero-order valence-corrected chi connectivity index (χ0v) is 13.8. The van der Waals surface area contributed by atoms with Gasteiger partial charge in [0.1, 0.15) is 0 Å². The number of anilines is 1. The molecule has 1 aromatic rings. The Morgan fingerprint density at radius 1 is 1.44 bits per heavy atom. The molecule has 0 saturated carbocycles. The molecule has 1 heterocycles. The van der Waals surface area contributed by atoms with Crippen molar-refractivity contribution in [3.63, 3.8) is 0 Å². The van der Waals surface area contributed by atoms with Gasteiger partial charge in [-0.2, -0.15) is 0 Å². The number of halogens is 2. The third kappa shape index (κ3) is 3.75. The Bertz CT molecular complexity index is 409. The zero-order chi connectivity index (χ0) is 13.1. The molecule has 1 fully saturated rings. The van der Waals surface area contributed by atoms with E-state index in [0.29, 0.717) is 12.1 Å². The summed E-state index contributed by atoms with van der Waals surface area (Å²) in [5, 5.41) is 4.49. The summed E-state index contributed by atoms with van der Waals surface area (Å²) in [6.45, 7) is 6.57. The first-order valence-corrected chi connectivity index (χ1v) is 7.98. The second kappa shape index (κ2) is 6.44. The minimum atomic E-state index is 0.544. The van der Waals surface area contributed by atoms with Crippen molar-refractivity contribution in [3.05, 3.63) is 26.8 Å². The molecule has 4 heteroatoms. The largest absolute Gasteiger partial charge is 0.369 e. The molecule has 2 nitrogen and oxygen atoms in total. The first kappa shape index (κ1) is 14.4. The highest BCUT2D eigenvalue weighted by Crippen LogP contribution is 2.29. The van der Waals surface area contributed by atoms with E-state index in [9.17, 15) is 0 Å². The second-order valence-electron chi connectivity index (χ2n) is 5.20. The molecule has 1 aliphatic heterocycles. The molecule has 1 aromatic carbocycles. The maximum absolute atomic E-state index is 6.35. The molecule has 0 bridgehead atoms. The quantitative estimate of drug-likeness (QED) is 0.802. The van der Waals surface area contributed by atoms with E-state index in [1.165, 1.54) is 22.1 Å². The monoisotopic (exact) mass is 378 g/mol. The van der Waals surface area contributed by atoms with Gasteiger partial charge in [0.15, 0.2) is 0 Å². The summed E-state index contributed by atoms with van der Waals surface area (Å²) < 4.78 is 1.19. The van der Waals surface area contributed by atoms with Crippen molar-refractivity contribution in [1.29, 1.82) is 0 Å². The molecule has 100 valence electrons. The smallest absolute Gasteiger partial charge is 0.0650 e. The van der Waals surface area contributed by atoms with Crippen LogP contribution in [0.1, 0.15) is 26.7 Å². The third-order valence-corrected chi connectivity index (χ3v) is 4.21. The molecule has 0 amide bonds. The highest BCUT2D eigenvalue weighted by molar-refractivity contribution is 14.1. The molecule has 1 saturated heterocycles. The molecule has 0 spiro atoms. The van der Waals surface area contributed by atoms with Crippen molar-refractivity contribution in [3.8, 4) is 0 Å². The summed E-state index contributed by atoms with van der Waals surface area (Å²) in [5.74, 6) is 0. The maximum Gasteiger partial charge on any atom is 0.0650 e. The Morgan fingerprint density at radius 2 is 2.22 bits per heavy atom. The highest BCUT2D eigenvalue weighted by atomic mass is 127. The van der Waals surface area contributed by atoms with Crippen LogP contribution in [0.3, 0.4) is 0 Å². The zero-order valence-electron chi connectivity index (χ0n) is 10.9. The van der Waals surface area contributed by atoms with E-state index in [-0.39, 0.29) is 0 Å². The van der Waals surface area contributed by atoms with Gasteiger partial charge in [0, 0.05) is 28.7 Å². The van der Waals surface area contributed by atoms with Crippen LogP contribution in [-0.4, -0.2) is 25.2 Å². The van der Waals surface area contributed by atoms with Gasteiger partial charge in [-0.25, -0.2) is 0 Å². The SMILES string of the molecule is CC(C)NC1CCCN(c2ccc(I)cc2Cl)C1. The molecular formula is C14H20ClIN2. The molecular weight excluding hydrogens is 359 g/mol. The van der Waals surface area contributed by atoms with Gasteiger partial charge in [0.05, 0.1) is 10.7 Å². The summed E-state index contributed by atoms with van der Waals surface area (Å²) >= 11 is 8.65. The van der Waals surface area contributed by atoms with Crippen LogP contribution in [0.5, 0.6) is 0 Å². The van der Waals surface area contributed by atoms with Crippen LogP contribution in [0.4, 0.5) is 5.69 Å². The van der Waals surface area contributed by atoms with E-state index >= 15 is 0 Å². The van der Waals surface area contributed by atoms with Crippen molar-refractivity contribution in [2.75, 3.05) is 18.0 Å². The summed E-state index contributed by atoms with van der Waals surface area (Å²) in [4.78, 5) is 2.40. The van der Waals surface area contributed by atoms with E-state index in [0.717, 1.165) is 18.1 Å². The molecule has 1 aliphatic rings. The molecule has 1 unspecified atom stereocenters. The van der Waals surface area contributed by atoms with Crippen molar-refractivity contribution in [2.24, 2.45) is 0 Å². The molecule has 2 rings (SSSR count). The number of benzene rings is 1. The standard InChI is InChI=1S/C14H20ClIN2/c1-10(2)17-12-4-3-7-18(9-12)14-6-5-11(16)8-13(14)15/h5-6,8,10,12,17H,3-4,7,9H2,1-2H3. The number of piperidine rings is 1. The van der Waals surface area contributed by atoms with Gasteiger partial charge in [-0.1, -0.05) is 25.4 Å². The van der Waals surface area contributed by atoms with Crippen molar-refractivity contribution < 1.29 is 0 Å². The fraction of sp³-hybridized carbons (Fsp3) is 0.571. The number of rotatable bonds is 3. The fourth-order valence-electron chi connectivity index (χ4n) is 2.54. The average molecular weight is 379 g/mol. The molecule has 1 N–H and O–H groups in total. The highest BCUT2D eigenvalue weighted by Gasteiger charge is 2.21. The van der Waals surface area contributed by atoms with E-state index in [1.54, 1.807) is 0 Å². The number of hydrogen-bond acceptors (Lipinski definition) is 2. The lowest BCUT2D eigenvalue weighted by Gasteiger charge is -2.36. The minimum absolute atomic E-state index is 0.544. The molecule has 18 heavy (non-hydrogen) atoms. The Kier molecular flexibility index (Phi) is 5.15. The number of nitrogens with zero attached hydrogens (tertiary/aromatic N) is 1. The van der Waals surface area contributed by atoms with Crippen molar-refractivity contribution in [1.82, 2.24) is 5.32 Å². The summed E-state index contributed by atoms with van der Waals surface area (Å²) in [6.07, 6.45) is 2.49. The number of hydrogen-bond donors (Lipinski definition) is 1.